The molecule has 0 bridgehead atoms. The number of benzene rings is 1. The zero-order valence-corrected chi connectivity index (χ0v) is 18.3. The van der Waals surface area contributed by atoms with Crippen molar-refractivity contribution >= 4 is 29.5 Å². The molecule has 2 N–H and O–H groups in total. The summed E-state index contributed by atoms with van der Waals surface area (Å²) in [6, 6.07) is 5.96. The molecule has 0 aliphatic carbocycles. The van der Waals surface area contributed by atoms with E-state index in [1.54, 1.807) is 38.3 Å². The monoisotopic (exact) mass is 432 g/mol. The number of ether oxygens (including phenoxy) is 2. The van der Waals surface area contributed by atoms with Gasteiger partial charge in [-0.3, -0.25) is 24.6 Å². The van der Waals surface area contributed by atoms with Gasteiger partial charge in [0.1, 0.15) is 11.3 Å². The van der Waals surface area contributed by atoms with Crippen molar-refractivity contribution < 1.29 is 28.7 Å². The van der Waals surface area contributed by atoms with Gasteiger partial charge in [-0.05, 0) is 38.1 Å². The van der Waals surface area contributed by atoms with Gasteiger partial charge >= 0.3 is 12.0 Å². The third kappa shape index (κ3) is 3.83. The zero-order valence-electron chi connectivity index (χ0n) is 18.3. The maximum Gasteiger partial charge on any atom is 0.326 e. The van der Waals surface area contributed by atoms with Crippen LogP contribution in [0.15, 0.2) is 24.3 Å². The van der Waals surface area contributed by atoms with E-state index in [-0.39, 0.29) is 18.5 Å². The van der Waals surface area contributed by atoms with Crippen LogP contribution in [0.25, 0.3) is 0 Å². The molecule has 10 nitrogen and oxygen atoms in total. The van der Waals surface area contributed by atoms with Crippen molar-refractivity contribution in [1.82, 2.24) is 15.1 Å². The van der Waals surface area contributed by atoms with E-state index in [2.05, 4.69) is 10.6 Å². The van der Waals surface area contributed by atoms with Gasteiger partial charge in [0.2, 0.25) is 11.8 Å². The first-order chi connectivity index (χ1) is 14.7. The number of hydrogen-bond acceptors (Lipinski definition) is 7. The fourth-order valence-electron chi connectivity index (χ4n) is 4.44. The lowest BCUT2D eigenvalue weighted by molar-refractivity contribution is -0.152. The number of urea groups is 1. The van der Waals surface area contributed by atoms with Gasteiger partial charge in [-0.1, -0.05) is 0 Å². The molecule has 0 radical (unpaired) electrons. The van der Waals surface area contributed by atoms with E-state index in [1.165, 1.54) is 19.1 Å². The van der Waals surface area contributed by atoms with Crippen LogP contribution in [-0.2, 0) is 19.1 Å². The minimum atomic E-state index is -1.35. The zero-order chi connectivity index (χ0) is 22.9. The van der Waals surface area contributed by atoms with Crippen LogP contribution in [0.4, 0.5) is 10.5 Å². The molecule has 0 saturated carbocycles. The van der Waals surface area contributed by atoms with Crippen LogP contribution in [0.5, 0.6) is 5.75 Å². The van der Waals surface area contributed by atoms with Crippen LogP contribution in [0.2, 0.25) is 0 Å². The third-order valence-electron chi connectivity index (χ3n) is 6.15. The van der Waals surface area contributed by atoms with E-state index < -0.39 is 35.3 Å². The summed E-state index contributed by atoms with van der Waals surface area (Å²) in [6.45, 7) is 3.88. The van der Waals surface area contributed by atoms with Gasteiger partial charge < -0.3 is 19.7 Å². The molecule has 2 heterocycles. The lowest BCUT2D eigenvalue weighted by atomic mass is 9.81. The van der Waals surface area contributed by atoms with Gasteiger partial charge in [-0.25, -0.2) is 4.79 Å². The van der Waals surface area contributed by atoms with Gasteiger partial charge in [0.15, 0.2) is 0 Å². The number of methoxy groups -OCH3 is 2. The molecule has 31 heavy (non-hydrogen) atoms. The molecule has 1 aromatic rings. The molecule has 4 amide bonds. The number of nitrogens with zero attached hydrogens (tertiary/aromatic N) is 2. The van der Waals surface area contributed by atoms with Crippen LogP contribution in [-0.4, -0.2) is 79.6 Å². The van der Waals surface area contributed by atoms with Crippen molar-refractivity contribution in [1.29, 1.82) is 0 Å². The minimum absolute atomic E-state index is 0.138. The summed E-state index contributed by atoms with van der Waals surface area (Å²) >= 11 is 0. The number of likely N-dealkylation sites (N-methyl/N-ethyl adjacent to an activating group) is 1. The van der Waals surface area contributed by atoms with Crippen LogP contribution in [0.3, 0.4) is 0 Å². The smallest absolute Gasteiger partial charge is 0.326 e. The highest BCUT2D eigenvalue weighted by Crippen LogP contribution is 2.43. The lowest BCUT2D eigenvalue weighted by Gasteiger charge is -2.30. The topological polar surface area (TPSA) is 117 Å². The molecule has 0 unspecified atom stereocenters. The SMILES string of the molecule is CCN(C[C@H]1N[C@@](C)(C(=O)OC)[C@H]2C(=O)N(C)C(=O)[C@@H]12)C(=O)Nc1ccc(OC)cc1. The van der Waals surface area contributed by atoms with Crippen LogP contribution >= 0.6 is 0 Å². The first-order valence-corrected chi connectivity index (χ1v) is 10.0. The maximum atomic E-state index is 12.8. The molecule has 10 heteroatoms. The molecule has 0 spiro atoms. The number of rotatable bonds is 6. The molecule has 168 valence electrons. The summed E-state index contributed by atoms with van der Waals surface area (Å²) in [4.78, 5) is 53.4. The Morgan fingerprint density at radius 1 is 1.19 bits per heavy atom. The molecular formula is C21H28N4O6. The highest BCUT2D eigenvalue weighted by molar-refractivity contribution is 6.09. The molecule has 1 aromatic carbocycles. The van der Waals surface area contributed by atoms with Crippen molar-refractivity contribution in [3.8, 4) is 5.75 Å². The second-order valence-corrected chi connectivity index (χ2v) is 7.88. The van der Waals surface area contributed by atoms with Crippen molar-refractivity contribution in [2.75, 3.05) is 39.7 Å². The minimum Gasteiger partial charge on any atom is -0.497 e. The Morgan fingerprint density at radius 3 is 2.39 bits per heavy atom. The summed E-state index contributed by atoms with van der Waals surface area (Å²) in [7, 11) is 4.21. The number of carbonyl (C=O) groups excluding carboxylic acids is 4. The Bertz CT molecular complexity index is 888. The van der Waals surface area contributed by atoms with Crippen molar-refractivity contribution in [2.45, 2.75) is 25.4 Å². The largest absolute Gasteiger partial charge is 0.497 e. The number of anilines is 1. The first-order valence-electron chi connectivity index (χ1n) is 10.0. The molecule has 4 atom stereocenters. The Kier molecular flexibility index (Phi) is 6.21. The van der Waals surface area contributed by atoms with Gasteiger partial charge in [0.25, 0.3) is 0 Å². The van der Waals surface area contributed by atoms with Crippen LogP contribution in [0, 0.1) is 11.8 Å². The van der Waals surface area contributed by atoms with Gasteiger partial charge in [0.05, 0.1) is 26.1 Å². The molecule has 2 saturated heterocycles. The number of amides is 4. The highest BCUT2D eigenvalue weighted by atomic mass is 16.5. The predicted molar refractivity (Wildman–Crippen MR) is 111 cm³/mol. The molecule has 2 aliphatic heterocycles. The Morgan fingerprint density at radius 2 is 1.84 bits per heavy atom. The molecule has 2 aliphatic rings. The van der Waals surface area contributed by atoms with E-state index in [0.29, 0.717) is 18.0 Å². The summed E-state index contributed by atoms with van der Waals surface area (Å²) in [5.41, 5.74) is -0.763. The van der Waals surface area contributed by atoms with E-state index >= 15 is 0 Å². The number of imide groups is 1. The van der Waals surface area contributed by atoms with E-state index in [9.17, 15) is 19.2 Å². The summed E-state index contributed by atoms with van der Waals surface area (Å²) in [5.74, 6) is -2.39. The summed E-state index contributed by atoms with van der Waals surface area (Å²) in [6.07, 6.45) is 0. The fraction of sp³-hybridized carbons (Fsp3) is 0.524. The Labute approximate surface area is 180 Å². The standard InChI is InChI=1S/C21H28N4O6/c1-6-25(20(29)22-12-7-9-13(30-4)10-8-12)11-14-15-16(18(27)24(3)17(15)26)21(2,23-14)19(28)31-5/h7-10,14-16,23H,6,11H2,1-5H3,(H,22,29)/t14-,15+,16-,21-/m1/s1. The van der Waals surface area contributed by atoms with Gasteiger partial charge in [-0.2, -0.15) is 0 Å². The van der Waals surface area contributed by atoms with E-state index in [4.69, 9.17) is 9.47 Å². The average Bonchev–Trinajstić information content (AvgIpc) is 3.20. The van der Waals surface area contributed by atoms with Gasteiger partial charge in [-0.15, -0.1) is 0 Å². The summed E-state index contributed by atoms with van der Waals surface area (Å²) in [5, 5.41) is 5.93. The fourth-order valence-corrected chi connectivity index (χ4v) is 4.44. The first kappa shape index (κ1) is 22.5. The number of nitrogens with one attached hydrogen (secondary N) is 2. The van der Waals surface area contributed by atoms with Crippen molar-refractivity contribution in [3.05, 3.63) is 24.3 Å². The molecule has 0 aromatic heterocycles. The predicted octanol–water partition coefficient (Wildman–Crippen LogP) is 0.684. The normalized spacial score (nSPS) is 27.1. The van der Waals surface area contributed by atoms with Gasteiger partial charge in [0, 0.05) is 31.9 Å². The van der Waals surface area contributed by atoms with Crippen molar-refractivity contribution in [3.63, 3.8) is 0 Å². The quantitative estimate of drug-likeness (QED) is 0.502. The number of carbonyl (C=O) groups is 4. The van der Waals surface area contributed by atoms with Crippen LogP contribution in [0.1, 0.15) is 13.8 Å². The molecule has 2 fully saturated rings. The second-order valence-electron chi connectivity index (χ2n) is 7.88. The number of hydrogen-bond donors (Lipinski definition) is 2. The van der Waals surface area contributed by atoms with Crippen LogP contribution < -0.4 is 15.4 Å². The Balaban J connectivity index is 1.80. The summed E-state index contributed by atoms with van der Waals surface area (Å²) < 4.78 is 10.0. The van der Waals surface area contributed by atoms with E-state index in [1.807, 2.05) is 6.92 Å². The lowest BCUT2D eigenvalue weighted by Crippen LogP contribution is -2.56. The number of likely N-dealkylation sites (tertiary alicyclic amines) is 1. The maximum absolute atomic E-state index is 12.8. The Hall–Kier alpha value is -3.14. The number of fused-ring (bicyclic) bond motifs is 1. The second kappa shape index (κ2) is 8.54. The third-order valence-corrected chi connectivity index (χ3v) is 6.15. The van der Waals surface area contributed by atoms with Crippen molar-refractivity contribution in [2.24, 2.45) is 11.8 Å². The molecule has 3 rings (SSSR count). The molecular weight excluding hydrogens is 404 g/mol. The number of esters is 1. The average molecular weight is 432 g/mol. The van der Waals surface area contributed by atoms with E-state index in [0.717, 1.165) is 4.90 Å². The highest BCUT2D eigenvalue weighted by Gasteiger charge is 2.66.